The quantitative estimate of drug-likeness (QED) is 0.837. The molecule has 1 unspecified atom stereocenters. The number of nitrogens with two attached hydrogens (primary N) is 1. The summed E-state index contributed by atoms with van der Waals surface area (Å²) >= 11 is 8.55. The number of anilines is 1. The average molecular weight is 328 g/mol. The third-order valence-electron chi connectivity index (χ3n) is 3.23. The number of piperidine rings is 1. The van der Waals surface area contributed by atoms with Crippen molar-refractivity contribution in [2.75, 3.05) is 25.5 Å². The van der Waals surface area contributed by atoms with Crippen molar-refractivity contribution in [2.24, 2.45) is 5.73 Å². The number of halogens is 1. The molecule has 0 spiro atoms. The lowest BCUT2D eigenvalue weighted by molar-refractivity contribution is 0.261. The third-order valence-corrected chi connectivity index (χ3v) is 3.94. The molecule has 1 aliphatic heterocycles. The van der Waals surface area contributed by atoms with Crippen molar-refractivity contribution in [3.63, 3.8) is 0 Å². The zero-order valence-electron chi connectivity index (χ0n) is 10.4. The summed E-state index contributed by atoms with van der Waals surface area (Å²) in [6.07, 6.45) is 2.42. The van der Waals surface area contributed by atoms with Gasteiger partial charge in [-0.05, 0) is 44.6 Å². The third kappa shape index (κ3) is 3.43. The van der Waals surface area contributed by atoms with E-state index in [1.165, 1.54) is 19.4 Å². The van der Waals surface area contributed by atoms with E-state index in [1.54, 1.807) is 0 Å². The second-order valence-electron chi connectivity index (χ2n) is 4.80. The molecule has 1 atom stereocenters. The Morgan fingerprint density at radius 3 is 3.00 bits per heavy atom. The highest BCUT2D eigenvalue weighted by molar-refractivity contribution is 9.10. The molecule has 3 nitrogen and oxygen atoms in total. The molecule has 2 rings (SSSR count). The molecule has 18 heavy (non-hydrogen) atoms. The lowest BCUT2D eigenvalue weighted by Crippen LogP contribution is -2.40. The van der Waals surface area contributed by atoms with Gasteiger partial charge in [0.25, 0.3) is 0 Å². The minimum atomic E-state index is 0.433. The van der Waals surface area contributed by atoms with E-state index in [0.29, 0.717) is 11.0 Å². The zero-order valence-corrected chi connectivity index (χ0v) is 12.9. The van der Waals surface area contributed by atoms with E-state index >= 15 is 0 Å². The van der Waals surface area contributed by atoms with Gasteiger partial charge in [0.2, 0.25) is 0 Å². The number of likely N-dealkylation sites (tertiary alicyclic amines) is 1. The molecule has 98 valence electrons. The summed E-state index contributed by atoms with van der Waals surface area (Å²) in [5, 5.41) is 3.56. The van der Waals surface area contributed by atoms with Gasteiger partial charge in [0.15, 0.2) is 0 Å². The number of nitrogens with zero attached hydrogens (tertiary/aromatic N) is 1. The van der Waals surface area contributed by atoms with Gasteiger partial charge in [0.1, 0.15) is 4.99 Å². The summed E-state index contributed by atoms with van der Waals surface area (Å²) < 4.78 is 0.997. The first-order chi connectivity index (χ1) is 8.56. The fourth-order valence-electron chi connectivity index (χ4n) is 2.35. The van der Waals surface area contributed by atoms with Gasteiger partial charge >= 0.3 is 0 Å². The number of benzene rings is 1. The molecular formula is C13H18BrN3S. The molecule has 1 fully saturated rings. The molecule has 1 aromatic rings. The smallest absolute Gasteiger partial charge is 0.106 e. The van der Waals surface area contributed by atoms with Gasteiger partial charge in [-0.15, -0.1) is 0 Å². The molecule has 0 saturated carbocycles. The molecular weight excluding hydrogens is 310 g/mol. The van der Waals surface area contributed by atoms with Crippen LogP contribution in [0.5, 0.6) is 0 Å². The maximum atomic E-state index is 5.78. The van der Waals surface area contributed by atoms with Crippen molar-refractivity contribution in [1.82, 2.24) is 4.90 Å². The van der Waals surface area contributed by atoms with Gasteiger partial charge in [-0.2, -0.15) is 0 Å². The maximum absolute atomic E-state index is 5.78. The van der Waals surface area contributed by atoms with Crippen LogP contribution in [0.3, 0.4) is 0 Å². The van der Waals surface area contributed by atoms with Crippen molar-refractivity contribution >= 4 is 38.8 Å². The predicted octanol–water partition coefficient (Wildman–Crippen LogP) is 2.59. The van der Waals surface area contributed by atoms with Gasteiger partial charge in [0, 0.05) is 28.3 Å². The molecule has 0 amide bonds. The van der Waals surface area contributed by atoms with Gasteiger partial charge in [-0.1, -0.05) is 28.1 Å². The Balaban J connectivity index is 2.15. The van der Waals surface area contributed by atoms with Crippen LogP contribution < -0.4 is 11.1 Å². The molecule has 1 aromatic carbocycles. The molecule has 1 aliphatic rings. The summed E-state index contributed by atoms with van der Waals surface area (Å²) in [5.41, 5.74) is 7.72. The van der Waals surface area contributed by atoms with Crippen LogP contribution in [0.1, 0.15) is 18.4 Å². The molecule has 5 heteroatoms. The van der Waals surface area contributed by atoms with Crippen LogP contribution in [-0.2, 0) is 0 Å². The Bertz CT molecular complexity index is 450. The van der Waals surface area contributed by atoms with E-state index < -0.39 is 0 Å². The number of rotatable bonds is 3. The number of hydrogen-bond acceptors (Lipinski definition) is 3. The normalized spacial score (nSPS) is 20.7. The van der Waals surface area contributed by atoms with Gasteiger partial charge in [-0.25, -0.2) is 0 Å². The first-order valence-corrected chi connectivity index (χ1v) is 7.31. The van der Waals surface area contributed by atoms with E-state index in [1.807, 2.05) is 18.2 Å². The predicted molar refractivity (Wildman–Crippen MR) is 84.2 cm³/mol. The number of likely N-dealkylation sites (N-methyl/N-ethyl adjacent to an activating group) is 1. The molecule has 0 aromatic heterocycles. The fraction of sp³-hybridized carbons (Fsp3) is 0.462. The second kappa shape index (κ2) is 5.99. The summed E-state index contributed by atoms with van der Waals surface area (Å²) in [4.78, 5) is 2.78. The Morgan fingerprint density at radius 1 is 1.56 bits per heavy atom. The topological polar surface area (TPSA) is 41.3 Å². The molecule has 0 radical (unpaired) electrons. The van der Waals surface area contributed by atoms with Crippen molar-refractivity contribution in [2.45, 2.75) is 18.9 Å². The number of hydrogen-bond donors (Lipinski definition) is 2. The minimum Gasteiger partial charge on any atom is -0.389 e. The Hall–Kier alpha value is -0.650. The zero-order chi connectivity index (χ0) is 13.1. The highest BCUT2D eigenvalue weighted by Gasteiger charge is 2.18. The monoisotopic (exact) mass is 327 g/mol. The Morgan fingerprint density at radius 2 is 2.33 bits per heavy atom. The van der Waals surface area contributed by atoms with E-state index in [0.717, 1.165) is 22.3 Å². The first kappa shape index (κ1) is 13.8. The number of thiocarbonyl (C=S) groups is 1. The van der Waals surface area contributed by atoms with Gasteiger partial charge in [0.05, 0.1) is 0 Å². The Kier molecular flexibility index (Phi) is 4.59. The molecule has 3 N–H and O–H groups in total. The standard InChI is InChI=1S/C13H18BrN3S/c1-17-6-2-3-10(8-17)16-12-5-4-9(14)7-11(12)13(15)18/h4-5,7,10,16H,2-3,6,8H2,1H3,(H2,15,18). The highest BCUT2D eigenvalue weighted by Crippen LogP contribution is 2.23. The fourth-order valence-corrected chi connectivity index (χ4v) is 2.88. The van der Waals surface area contributed by atoms with E-state index in [9.17, 15) is 0 Å². The SMILES string of the molecule is CN1CCCC(Nc2ccc(Br)cc2C(N)=S)C1. The van der Waals surface area contributed by atoms with Crippen molar-refractivity contribution < 1.29 is 0 Å². The van der Waals surface area contributed by atoms with E-state index in [-0.39, 0.29) is 0 Å². The first-order valence-electron chi connectivity index (χ1n) is 6.10. The van der Waals surface area contributed by atoms with E-state index in [4.69, 9.17) is 18.0 Å². The van der Waals surface area contributed by atoms with Crippen molar-refractivity contribution in [3.8, 4) is 0 Å². The summed E-state index contributed by atoms with van der Waals surface area (Å²) in [6.45, 7) is 2.24. The van der Waals surface area contributed by atoms with Crippen LogP contribution >= 0.6 is 28.1 Å². The van der Waals surface area contributed by atoms with Crippen LogP contribution in [0.4, 0.5) is 5.69 Å². The highest BCUT2D eigenvalue weighted by atomic mass is 79.9. The molecule has 1 heterocycles. The molecule has 0 aliphatic carbocycles. The van der Waals surface area contributed by atoms with Crippen LogP contribution in [0, 0.1) is 0 Å². The van der Waals surface area contributed by atoms with E-state index in [2.05, 4.69) is 33.2 Å². The molecule has 1 saturated heterocycles. The summed E-state index contributed by atoms with van der Waals surface area (Å²) in [6, 6.07) is 6.49. The summed E-state index contributed by atoms with van der Waals surface area (Å²) in [5.74, 6) is 0. The van der Waals surface area contributed by atoms with Crippen LogP contribution in [-0.4, -0.2) is 36.1 Å². The molecule has 0 bridgehead atoms. The lowest BCUT2D eigenvalue weighted by atomic mass is 10.0. The van der Waals surface area contributed by atoms with Crippen molar-refractivity contribution in [3.05, 3.63) is 28.2 Å². The van der Waals surface area contributed by atoms with Gasteiger partial charge in [-0.3, -0.25) is 0 Å². The van der Waals surface area contributed by atoms with Crippen molar-refractivity contribution in [1.29, 1.82) is 0 Å². The van der Waals surface area contributed by atoms with Gasteiger partial charge < -0.3 is 16.0 Å². The maximum Gasteiger partial charge on any atom is 0.106 e. The van der Waals surface area contributed by atoms with Crippen LogP contribution in [0.2, 0.25) is 0 Å². The van der Waals surface area contributed by atoms with Crippen LogP contribution in [0.15, 0.2) is 22.7 Å². The second-order valence-corrected chi connectivity index (χ2v) is 6.16. The minimum absolute atomic E-state index is 0.433. The summed E-state index contributed by atoms with van der Waals surface area (Å²) in [7, 11) is 2.16. The lowest BCUT2D eigenvalue weighted by Gasteiger charge is -2.31. The van der Waals surface area contributed by atoms with Crippen LogP contribution in [0.25, 0.3) is 0 Å². The Labute approximate surface area is 122 Å². The number of nitrogens with one attached hydrogen (secondary N) is 1. The average Bonchev–Trinajstić information content (AvgIpc) is 2.31. The largest absolute Gasteiger partial charge is 0.389 e.